The zero-order valence-electron chi connectivity index (χ0n) is 13.0. The van der Waals surface area contributed by atoms with E-state index in [2.05, 4.69) is 10.1 Å². The molecule has 8 heteroatoms. The Morgan fingerprint density at radius 3 is 2.92 bits per heavy atom. The lowest BCUT2D eigenvalue weighted by Gasteiger charge is -2.20. The smallest absolute Gasteiger partial charge is 0.290 e. The minimum absolute atomic E-state index is 0.0183. The summed E-state index contributed by atoms with van der Waals surface area (Å²) in [5.74, 6) is -1.25. The summed E-state index contributed by atoms with van der Waals surface area (Å²) in [5.41, 5.74) is 0.0401. The highest BCUT2D eigenvalue weighted by molar-refractivity contribution is 5.91. The van der Waals surface area contributed by atoms with E-state index in [1.165, 1.54) is 12.3 Å². The van der Waals surface area contributed by atoms with Gasteiger partial charge in [-0.15, -0.1) is 0 Å². The Balaban J connectivity index is 1.62. The van der Waals surface area contributed by atoms with Gasteiger partial charge in [0.05, 0.1) is 11.8 Å². The molecule has 0 spiro atoms. The van der Waals surface area contributed by atoms with Gasteiger partial charge in [-0.25, -0.2) is 8.78 Å². The number of halogens is 2. The Morgan fingerprint density at radius 1 is 1.28 bits per heavy atom. The van der Waals surface area contributed by atoms with Crippen LogP contribution < -0.4 is 0 Å². The van der Waals surface area contributed by atoms with Gasteiger partial charge >= 0.3 is 0 Å². The van der Waals surface area contributed by atoms with Crippen molar-refractivity contribution in [2.45, 2.75) is 18.9 Å². The lowest BCUT2D eigenvalue weighted by molar-refractivity contribution is 0.0678. The first-order chi connectivity index (χ1) is 12.1. The number of hydrogen-bond acceptors (Lipinski definition) is 5. The van der Waals surface area contributed by atoms with Crippen molar-refractivity contribution in [2.24, 2.45) is 0 Å². The quantitative estimate of drug-likeness (QED) is 0.725. The van der Waals surface area contributed by atoms with E-state index in [4.69, 9.17) is 8.94 Å². The van der Waals surface area contributed by atoms with Crippen LogP contribution in [-0.4, -0.2) is 27.5 Å². The van der Waals surface area contributed by atoms with Crippen LogP contribution in [0.5, 0.6) is 0 Å². The summed E-state index contributed by atoms with van der Waals surface area (Å²) in [6.07, 6.45) is 2.86. The predicted octanol–water partition coefficient (Wildman–Crippen LogP) is 3.59. The van der Waals surface area contributed by atoms with E-state index in [0.29, 0.717) is 13.0 Å². The molecular formula is C17H13F2N3O3. The topological polar surface area (TPSA) is 72.4 Å². The second kappa shape index (κ2) is 6.12. The first kappa shape index (κ1) is 15.5. The van der Waals surface area contributed by atoms with Crippen LogP contribution in [0.15, 0.2) is 45.5 Å². The van der Waals surface area contributed by atoms with E-state index in [0.717, 1.165) is 18.6 Å². The van der Waals surface area contributed by atoms with Gasteiger partial charge in [-0.3, -0.25) is 4.79 Å². The average molecular weight is 345 g/mol. The molecule has 3 aromatic rings. The maximum atomic E-state index is 13.9. The Morgan fingerprint density at radius 2 is 2.16 bits per heavy atom. The van der Waals surface area contributed by atoms with E-state index in [9.17, 15) is 13.6 Å². The van der Waals surface area contributed by atoms with Crippen molar-refractivity contribution >= 4 is 5.91 Å². The molecule has 0 N–H and O–H groups in total. The molecule has 1 aliphatic heterocycles. The molecule has 0 bridgehead atoms. The number of carbonyl (C=O) groups excluding carboxylic acids is 1. The molecule has 2 aromatic heterocycles. The third-order valence-electron chi connectivity index (χ3n) is 4.14. The van der Waals surface area contributed by atoms with Crippen LogP contribution in [0.1, 0.15) is 35.3 Å². The molecule has 1 aromatic carbocycles. The van der Waals surface area contributed by atoms with E-state index < -0.39 is 17.7 Å². The molecule has 3 heterocycles. The number of furan rings is 1. The Labute approximate surface area is 141 Å². The van der Waals surface area contributed by atoms with Crippen LogP contribution in [-0.2, 0) is 0 Å². The SMILES string of the molecule is O=C(c1ccco1)N1CCCC1c1nc(-c2ccc(F)cc2F)no1. The highest BCUT2D eigenvalue weighted by Gasteiger charge is 2.35. The molecule has 128 valence electrons. The van der Waals surface area contributed by atoms with Crippen LogP contribution in [0.4, 0.5) is 8.78 Å². The number of rotatable bonds is 3. The summed E-state index contributed by atoms with van der Waals surface area (Å²) in [4.78, 5) is 18.3. The first-order valence-electron chi connectivity index (χ1n) is 7.77. The minimum Gasteiger partial charge on any atom is -0.459 e. The minimum atomic E-state index is -0.776. The van der Waals surface area contributed by atoms with Gasteiger partial charge in [0.15, 0.2) is 5.76 Å². The van der Waals surface area contributed by atoms with Gasteiger partial charge in [-0.05, 0) is 37.1 Å². The number of carbonyl (C=O) groups is 1. The predicted molar refractivity (Wildman–Crippen MR) is 81.4 cm³/mol. The average Bonchev–Trinajstić information content (AvgIpc) is 3.34. The molecule has 1 fully saturated rings. The third-order valence-corrected chi connectivity index (χ3v) is 4.14. The van der Waals surface area contributed by atoms with E-state index in [1.807, 2.05) is 0 Å². The first-order valence-corrected chi connectivity index (χ1v) is 7.77. The largest absolute Gasteiger partial charge is 0.459 e. The monoisotopic (exact) mass is 345 g/mol. The molecule has 4 rings (SSSR count). The summed E-state index contributed by atoms with van der Waals surface area (Å²) in [5, 5.41) is 3.77. The summed E-state index contributed by atoms with van der Waals surface area (Å²) in [6.45, 7) is 0.535. The molecule has 0 radical (unpaired) electrons. The Kier molecular flexibility index (Phi) is 3.79. The molecule has 1 unspecified atom stereocenters. The van der Waals surface area contributed by atoms with Gasteiger partial charge in [-0.1, -0.05) is 5.16 Å². The summed E-state index contributed by atoms with van der Waals surface area (Å²) < 4.78 is 37.3. The van der Waals surface area contributed by atoms with Crippen molar-refractivity contribution < 1.29 is 22.5 Å². The fourth-order valence-electron chi connectivity index (χ4n) is 2.96. The second-order valence-electron chi connectivity index (χ2n) is 5.71. The Bertz CT molecular complexity index is 908. The fourth-order valence-corrected chi connectivity index (χ4v) is 2.96. The molecule has 1 saturated heterocycles. The normalized spacial score (nSPS) is 17.2. The molecule has 0 aliphatic carbocycles. The van der Waals surface area contributed by atoms with Gasteiger partial charge < -0.3 is 13.8 Å². The fraction of sp³-hybridized carbons (Fsp3) is 0.235. The number of amides is 1. The van der Waals surface area contributed by atoms with Gasteiger partial charge in [-0.2, -0.15) is 4.98 Å². The van der Waals surface area contributed by atoms with Gasteiger partial charge in [0, 0.05) is 12.6 Å². The van der Waals surface area contributed by atoms with E-state index in [-0.39, 0.29) is 28.9 Å². The molecule has 1 atom stereocenters. The highest BCUT2D eigenvalue weighted by Crippen LogP contribution is 2.33. The van der Waals surface area contributed by atoms with Crippen LogP contribution >= 0.6 is 0 Å². The number of likely N-dealkylation sites (tertiary alicyclic amines) is 1. The van der Waals surface area contributed by atoms with Crippen LogP contribution in [0.2, 0.25) is 0 Å². The molecule has 6 nitrogen and oxygen atoms in total. The molecule has 0 saturated carbocycles. The molecule has 25 heavy (non-hydrogen) atoms. The highest BCUT2D eigenvalue weighted by atomic mass is 19.1. The van der Waals surface area contributed by atoms with Gasteiger partial charge in [0.25, 0.3) is 5.91 Å². The second-order valence-corrected chi connectivity index (χ2v) is 5.71. The van der Waals surface area contributed by atoms with E-state index >= 15 is 0 Å². The van der Waals surface area contributed by atoms with Crippen molar-refractivity contribution in [3.05, 3.63) is 59.9 Å². The van der Waals surface area contributed by atoms with Crippen LogP contribution in [0.25, 0.3) is 11.4 Å². The number of aromatic nitrogens is 2. The van der Waals surface area contributed by atoms with Gasteiger partial charge in [0.2, 0.25) is 11.7 Å². The lowest BCUT2D eigenvalue weighted by atomic mass is 10.2. The molecule has 1 amide bonds. The van der Waals surface area contributed by atoms with Crippen molar-refractivity contribution in [3.8, 4) is 11.4 Å². The zero-order chi connectivity index (χ0) is 17.4. The molecular weight excluding hydrogens is 332 g/mol. The van der Waals surface area contributed by atoms with Crippen molar-refractivity contribution in [2.75, 3.05) is 6.54 Å². The number of benzene rings is 1. The third kappa shape index (κ3) is 2.79. The number of hydrogen-bond donors (Lipinski definition) is 0. The standard InChI is InChI=1S/C17H13F2N3O3/c18-10-5-6-11(12(19)9-10)15-20-16(25-21-15)13-3-1-7-22(13)17(23)14-4-2-8-24-14/h2,4-6,8-9,13H,1,3,7H2. The molecule has 1 aliphatic rings. The summed E-state index contributed by atoms with van der Waals surface area (Å²) in [6, 6.07) is 5.96. The zero-order valence-corrected chi connectivity index (χ0v) is 13.0. The maximum absolute atomic E-state index is 13.9. The Hall–Kier alpha value is -3.03. The van der Waals surface area contributed by atoms with Gasteiger partial charge in [0.1, 0.15) is 17.7 Å². The van der Waals surface area contributed by atoms with Crippen LogP contribution in [0, 0.1) is 11.6 Å². The van der Waals surface area contributed by atoms with Crippen molar-refractivity contribution in [1.82, 2.24) is 15.0 Å². The number of nitrogens with zero attached hydrogens (tertiary/aromatic N) is 3. The summed E-state index contributed by atoms with van der Waals surface area (Å²) >= 11 is 0. The van der Waals surface area contributed by atoms with Crippen molar-refractivity contribution in [1.29, 1.82) is 0 Å². The van der Waals surface area contributed by atoms with Crippen molar-refractivity contribution in [3.63, 3.8) is 0 Å². The maximum Gasteiger partial charge on any atom is 0.290 e. The summed E-state index contributed by atoms with van der Waals surface area (Å²) in [7, 11) is 0. The van der Waals surface area contributed by atoms with E-state index in [1.54, 1.807) is 17.0 Å². The van der Waals surface area contributed by atoms with Crippen LogP contribution in [0.3, 0.4) is 0 Å². The lowest BCUT2D eigenvalue weighted by Crippen LogP contribution is -2.30.